The number of ketones is 1. The van der Waals surface area contributed by atoms with Crippen LogP contribution in [0.3, 0.4) is 0 Å². The molecule has 3 aromatic rings. The van der Waals surface area contributed by atoms with Gasteiger partial charge in [-0.05, 0) is 65.9 Å². The molecule has 0 atom stereocenters. The summed E-state index contributed by atoms with van der Waals surface area (Å²) in [5.41, 5.74) is 2.35. The summed E-state index contributed by atoms with van der Waals surface area (Å²) in [7, 11) is 0. The maximum Gasteiger partial charge on any atom is 0.272 e. The molecule has 0 saturated carbocycles. The Morgan fingerprint density at radius 1 is 0.889 bits per heavy atom. The standard InChI is InChI=1S/C28H27N3O5/c1-18(32)20-10-14-23(15-11-20)29-27(34)25(17-19-6-5-7-24(16-19)31(35)36)30-26(33)21-8-12-22(13-9-21)28(2,3)4/h5-17H,1-4H3,(H,29,34)(H,30,33). The van der Waals surface area contributed by atoms with Crippen LogP contribution in [0.1, 0.15) is 59.5 Å². The molecule has 8 nitrogen and oxygen atoms in total. The molecule has 0 fully saturated rings. The number of non-ortho nitro benzene ring substituents is 1. The third kappa shape index (κ3) is 6.73. The summed E-state index contributed by atoms with van der Waals surface area (Å²) in [6, 6.07) is 19.1. The molecule has 0 aliphatic heterocycles. The number of nitro groups is 1. The average molecular weight is 486 g/mol. The van der Waals surface area contributed by atoms with Gasteiger partial charge < -0.3 is 10.6 Å². The summed E-state index contributed by atoms with van der Waals surface area (Å²) in [5, 5.41) is 16.5. The van der Waals surface area contributed by atoms with Gasteiger partial charge in [-0.3, -0.25) is 24.5 Å². The highest BCUT2D eigenvalue weighted by Crippen LogP contribution is 2.22. The minimum absolute atomic E-state index is 0.0834. The van der Waals surface area contributed by atoms with Crippen molar-refractivity contribution >= 4 is 35.0 Å². The van der Waals surface area contributed by atoms with E-state index in [1.54, 1.807) is 42.5 Å². The van der Waals surface area contributed by atoms with Crippen molar-refractivity contribution in [2.45, 2.75) is 33.1 Å². The fraction of sp³-hybridized carbons (Fsp3) is 0.179. The molecule has 0 bridgehead atoms. The maximum atomic E-state index is 13.1. The van der Waals surface area contributed by atoms with Crippen molar-refractivity contribution in [3.05, 3.63) is 111 Å². The number of hydrogen-bond donors (Lipinski definition) is 2. The Kier molecular flexibility index (Phi) is 7.79. The van der Waals surface area contributed by atoms with E-state index in [1.165, 1.54) is 31.2 Å². The molecule has 0 aliphatic carbocycles. The number of rotatable bonds is 7. The van der Waals surface area contributed by atoms with Gasteiger partial charge in [0.05, 0.1) is 4.92 Å². The second kappa shape index (κ2) is 10.8. The van der Waals surface area contributed by atoms with Gasteiger partial charge >= 0.3 is 0 Å². The van der Waals surface area contributed by atoms with Gasteiger partial charge in [-0.15, -0.1) is 0 Å². The molecule has 2 amide bonds. The van der Waals surface area contributed by atoms with E-state index in [1.807, 2.05) is 12.1 Å². The zero-order valence-corrected chi connectivity index (χ0v) is 20.5. The van der Waals surface area contributed by atoms with E-state index in [0.29, 0.717) is 22.4 Å². The molecule has 3 rings (SSSR count). The highest BCUT2D eigenvalue weighted by atomic mass is 16.6. The molecule has 0 unspecified atom stereocenters. The average Bonchev–Trinajstić information content (AvgIpc) is 2.83. The number of nitrogens with one attached hydrogen (secondary N) is 2. The van der Waals surface area contributed by atoms with Crippen molar-refractivity contribution in [3.63, 3.8) is 0 Å². The first-order chi connectivity index (χ1) is 16.9. The van der Waals surface area contributed by atoms with Gasteiger partial charge in [0.1, 0.15) is 5.70 Å². The van der Waals surface area contributed by atoms with E-state index in [4.69, 9.17) is 0 Å². The van der Waals surface area contributed by atoms with Crippen LogP contribution in [0.5, 0.6) is 0 Å². The predicted octanol–water partition coefficient (Wildman–Crippen LogP) is 5.50. The number of nitro benzene ring substituents is 1. The summed E-state index contributed by atoms with van der Waals surface area (Å²) < 4.78 is 0. The molecule has 8 heteroatoms. The lowest BCUT2D eigenvalue weighted by atomic mass is 9.87. The lowest BCUT2D eigenvalue weighted by Crippen LogP contribution is -2.30. The number of anilines is 1. The van der Waals surface area contributed by atoms with Gasteiger partial charge in [-0.2, -0.15) is 0 Å². The minimum Gasteiger partial charge on any atom is -0.321 e. The smallest absolute Gasteiger partial charge is 0.272 e. The van der Waals surface area contributed by atoms with Crippen molar-refractivity contribution in [1.29, 1.82) is 0 Å². The van der Waals surface area contributed by atoms with Crippen LogP contribution in [0.2, 0.25) is 0 Å². The molecule has 0 radical (unpaired) electrons. The maximum absolute atomic E-state index is 13.1. The second-order valence-corrected chi connectivity index (χ2v) is 9.28. The Hall–Kier alpha value is -4.59. The Morgan fingerprint density at radius 2 is 1.50 bits per heavy atom. The normalized spacial score (nSPS) is 11.5. The summed E-state index contributed by atoms with van der Waals surface area (Å²) in [6.45, 7) is 7.64. The fourth-order valence-corrected chi connectivity index (χ4v) is 3.36. The molecule has 36 heavy (non-hydrogen) atoms. The number of Topliss-reactive ketones (excluding diaryl/α,β-unsaturated/α-hetero) is 1. The van der Waals surface area contributed by atoms with Gasteiger partial charge in [-0.25, -0.2) is 0 Å². The van der Waals surface area contributed by atoms with Crippen molar-refractivity contribution in [2.24, 2.45) is 0 Å². The molecular weight excluding hydrogens is 458 g/mol. The summed E-state index contributed by atoms with van der Waals surface area (Å²) in [5.74, 6) is -1.24. The molecule has 184 valence electrons. The summed E-state index contributed by atoms with van der Waals surface area (Å²) in [6.07, 6.45) is 1.37. The van der Waals surface area contributed by atoms with Crippen LogP contribution < -0.4 is 10.6 Å². The zero-order valence-electron chi connectivity index (χ0n) is 20.5. The molecule has 3 aromatic carbocycles. The first-order valence-corrected chi connectivity index (χ1v) is 11.2. The quantitative estimate of drug-likeness (QED) is 0.198. The van der Waals surface area contributed by atoms with Crippen LogP contribution in [-0.2, 0) is 10.2 Å². The van der Waals surface area contributed by atoms with Crippen LogP contribution in [-0.4, -0.2) is 22.5 Å². The molecule has 0 heterocycles. The fourth-order valence-electron chi connectivity index (χ4n) is 3.36. The monoisotopic (exact) mass is 485 g/mol. The Labute approximate surface area is 209 Å². The largest absolute Gasteiger partial charge is 0.321 e. The first kappa shape index (κ1) is 26.0. The zero-order chi connectivity index (χ0) is 26.5. The SMILES string of the molecule is CC(=O)c1ccc(NC(=O)C(=Cc2cccc([N+](=O)[O-])c2)NC(=O)c2ccc(C(C)(C)C)cc2)cc1. The van der Waals surface area contributed by atoms with E-state index < -0.39 is 16.7 Å². The highest BCUT2D eigenvalue weighted by Gasteiger charge is 2.18. The van der Waals surface area contributed by atoms with Crippen LogP contribution in [0.15, 0.2) is 78.5 Å². The van der Waals surface area contributed by atoms with Crippen LogP contribution in [0, 0.1) is 10.1 Å². The summed E-state index contributed by atoms with van der Waals surface area (Å²) in [4.78, 5) is 48.2. The Bertz CT molecular complexity index is 1330. The van der Waals surface area contributed by atoms with Crippen LogP contribution in [0.25, 0.3) is 6.08 Å². The third-order valence-corrected chi connectivity index (χ3v) is 5.45. The first-order valence-electron chi connectivity index (χ1n) is 11.2. The predicted molar refractivity (Wildman–Crippen MR) is 139 cm³/mol. The lowest BCUT2D eigenvalue weighted by molar-refractivity contribution is -0.384. The van der Waals surface area contributed by atoms with E-state index >= 15 is 0 Å². The number of benzene rings is 3. The number of hydrogen-bond acceptors (Lipinski definition) is 5. The van der Waals surface area contributed by atoms with Crippen LogP contribution in [0.4, 0.5) is 11.4 Å². The van der Waals surface area contributed by atoms with E-state index in [9.17, 15) is 24.5 Å². The Morgan fingerprint density at radius 3 is 2.06 bits per heavy atom. The summed E-state index contributed by atoms with van der Waals surface area (Å²) >= 11 is 0. The van der Waals surface area contributed by atoms with Crippen molar-refractivity contribution < 1.29 is 19.3 Å². The highest BCUT2D eigenvalue weighted by molar-refractivity contribution is 6.10. The van der Waals surface area contributed by atoms with Gasteiger partial charge in [0.2, 0.25) is 0 Å². The van der Waals surface area contributed by atoms with E-state index in [2.05, 4.69) is 31.4 Å². The molecule has 0 saturated heterocycles. The lowest BCUT2D eigenvalue weighted by Gasteiger charge is -2.19. The molecule has 2 N–H and O–H groups in total. The molecule has 0 aromatic heterocycles. The van der Waals surface area contributed by atoms with Gasteiger partial charge in [0.15, 0.2) is 5.78 Å². The molecule has 0 spiro atoms. The number of carbonyl (C=O) groups is 3. The van der Waals surface area contributed by atoms with Crippen molar-refractivity contribution in [1.82, 2.24) is 5.32 Å². The van der Waals surface area contributed by atoms with Gasteiger partial charge in [0.25, 0.3) is 17.5 Å². The Balaban J connectivity index is 1.91. The topological polar surface area (TPSA) is 118 Å². The van der Waals surface area contributed by atoms with Gasteiger partial charge in [-0.1, -0.05) is 45.0 Å². The third-order valence-electron chi connectivity index (χ3n) is 5.45. The second-order valence-electron chi connectivity index (χ2n) is 9.28. The number of carbonyl (C=O) groups excluding carboxylic acids is 3. The van der Waals surface area contributed by atoms with Crippen molar-refractivity contribution in [2.75, 3.05) is 5.32 Å². The molecular formula is C28H27N3O5. The molecule has 0 aliphatic rings. The number of amides is 2. The van der Waals surface area contributed by atoms with Gasteiger partial charge in [0, 0.05) is 28.9 Å². The van der Waals surface area contributed by atoms with Crippen molar-refractivity contribution in [3.8, 4) is 0 Å². The van der Waals surface area contributed by atoms with Crippen LogP contribution >= 0.6 is 0 Å². The van der Waals surface area contributed by atoms with E-state index in [0.717, 1.165) is 5.56 Å². The minimum atomic E-state index is -0.628. The number of nitrogens with zero attached hydrogens (tertiary/aromatic N) is 1. The van der Waals surface area contributed by atoms with E-state index in [-0.39, 0.29) is 22.6 Å².